The van der Waals surface area contributed by atoms with Gasteiger partial charge in [-0.05, 0) is 42.0 Å². The Bertz CT molecular complexity index is 944. The number of halogens is 1. The van der Waals surface area contributed by atoms with E-state index >= 15 is 0 Å². The van der Waals surface area contributed by atoms with Gasteiger partial charge >= 0.3 is 5.69 Å². The van der Waals surface area contributed by atoms with E-state index in [1.54, 1.807) is 36.4 Å². The normalized spacial score (nSPS) is 15.6. The minimum Gasteiger partial charge on any atom is -0.490 e. The molecular formula is C17H11ClN2O4S2. The van der Waals surface area contributed by atoms with Crippen molar-refractivity contribution in [1.29, 1.82) is 0 Å². The second-order valence-corrected chi connectivity index (χ2v) is 7.29. The molecular weight excluding hydrogens is 396 g/mol. The van der Waals surface area contributed by atoms with Crippen LogP contribution in [0.25, 0.3) is 6.08 Å². The van der Waals surface area contributed by atoms with Gasteiger partial charge in [-0.25, -0.2) is 0 Å². The number of nitro benzene ring substituents is 1. The molecule has 1 aliphatic rings. The Morgan fingerprint density at radius 3 is 2.58 bits per heavy atom. The Morgan fingerprint density at radius 1 is 1.27 bits per heavy atom. The fraction of sp³-hybridized carbons (Fsp3) is 0.0588. The number of benzene rings is 2. The molecule has 0 radical (unpaired) electrons. The molecule has 26 heavy (non-hydrogen) atoms. The lowest BCUT2D eigenvalue weighted by Crippen LogP contribution is -2.27. The third-order valence-corrected chi connectivity index (χ3v) is 5.13. The lowest BCUT2D eigenvalue weighted by molar-refractivity contribution is -0.385. The number of rotatable bonds is 4. The van der Waals surface area contributed by atoms with Gasteiger partial charge in [0.2, 0.25) is 0 Å². The van der Waals surface area contributed by atoms with E-state index in [-0.39, 0.29) is 17.3 Å². The van der Waals surface area contributed by atoms with Crippen LogP contribution in [0, 0.1) is 10.1 Å². The smallest absolute Gasteiger partial charge is 0.311 e. The van der Waals surface area contributed by atoms with Crippen molar-refractivity contribution in [2.45, 2.75) is 0 Å². The summed E-state index contributed by atoms with van der Waals surface area (Å²) in [5.74, 6) is -0.137. The summed E-state index contributed by atoms with van der Waals surface area (Å²) in [4.78, 5) is 25.1. The molecule has 1 aliphatic heterocycles. The maximum Gasteiger partial charge on any atom is 0.311 e. The van der Waals surface area contributed by atoms with E-state index in [1.165, 1.54) is 24.1 Å². The highest BCUT2D eigenvalue weighted by Crippen LogP contribution is 2.37. The lowest BCUT2D eigenvalue weighted by atomic mass is 10.1. The van der Waals surface area contributed by atoms with Gasteiger partial charge in [-0.1, -0.05) is 41.6 Å². The van der Waals surface area contributed by atoms with Crippen molar-refractivity contribution >= 4 is 63.3 Å². The minimum atomic E-state index is -0.533. The van der Waals surface area contributed by atoms with Crippen LogP contribution < -0.4 is 9.64 Å². The first-order chi connectivity index (χ1) is 12.4. The molecule has 1 heterocycles. The highest BCUT2D eigenvalue weighted by molar-refractivity contribution is 8.27. The summed E-state index contributed by atoms with van der Waals surface area (Å²) in [5, 5.41) is 11.7. The number of hydrogen-bond acceptors (Lipinski definition) is 6. The molecule has 9 heteroatoms. The number of thioether (sulfide) groups is 1. The van der Waals surface area contributed by atoms with E-state index in [0.717, 1.165) is 11.8 Å². The van der Waals surface area contributed by atoms with Crippen molar-refractivity contribution in [3.05, 3.63) is 68.1 Å². The number of carbonyl (C=O) groups excluding carboxylic acids is 1. The first kappa shape index (κ1) is 18.4. The van der Waals surface area contributed by atoms with E-state index in [0.29, 0.717) is 25.5 Å². The standard InChI is InChI=1S/C17H11ClN2O4S2/c1-24-14-7-2-10(8-13(14)20(22)23)9-15-16(21)19(17(25)26-15)12-5-3-11(18)4-6-12/h2-9H,1H3/b15-9-. The second kappa shape index (κ2) is 7.45. The molecule has 2 aromatic carbocycles. The Morgan fingerprint density at radius 2 is 1.96 bits per heavy atom. The average Bonchev–Trinajstić information content (AvgIpc) is 2.89. The van der Waals surface area contributed by atoms with Gasteiger partial charge in [0.15, 0.2) is 10.1 Å². The largest absolute Gasteiger partial charge is 0.490 e. The topological polar surface area (TPSA) is 72.7 Å². The lowest BCUT2D eigenvalue weighted by Gasteiger charge is -2.14. The second-order valence-electron chi connectivity index (χ2n) is 5.18. The van der Waals surface area contributed by atoms with Gasteiger partial charge in [-0.15, -0.1) is 0 Å². The van der Waals surface area contributed by atoms with Gasteiger partial charge in [0.1, 0.15) is 0 Å². The van der Waals surface area contributed by atoms with Crippen LogP contribution in [0.2, 0.25) is 5.02 Å². The SMILES string of the molecule is COc1ccc(/C=C2\SC(=S)N(c3ccc(Cl)cc3)C2=O)cc1[N+](=O)[O-]. The van der Waals surface area contributed by atoms with E-state index in [4.69, 9.17) is 28.6 Å². The van der Waals surface area contributed by atoms with Crippen LogP contribution in [-0.2, 0) is 4.79 Å². The number of hydrogen-bond donors (Lipinski definition) is 0. The fourth-order valence-corrected chi connectivity index (χ4v) is 3.80. The molecule has 3 rings (SSSR count). The number of nitrogens with zero attached hydrogens (tertiary/aromatic N) is 2. The Kier molecular flexibility index (Phi) is 5.26. The fourth-order valence-electron chi connectivity index (χ4n) is 2.37. The quantitative estimate of drug-likeness (QED) is 0.318. The Hall–Kier alpha value is -2.42. The van der Waals surface area contributed by atoms with Crippen molar-refractivity contribution in [2.75, 3.05) is 12.0 Å². The van der Waals surface area contributed by atoms with Crippen LogP contribution in [0.15, 0.2) is 47.4 Å². The molecule has 1 amide bonds. The summed E-state index contributed by atoms with van der Waals surface area (Å²) in [6, 6.07) is 11.2. The summed E-state index contributed by atoms with van der Waals surface area (Å²) < 4.78 is 5.36. The van der Waals surface area contributed by atoms with Gasteiger partial charge in [0.25, 0.3) is 5.91 Å². The zero-order valence-electron chi connectivity index (χ0n) is 13.3. The highest BCUT2D eigenvalue weighted by atomic mass is 35.5. The number of amides is 1. The molecule has 2 aromatic rings. The molecule has 0 bridgehead atoms. The number of methoxy groups -OCH3 is 1. The summed E-state index contributed by atoms with van der Waals surface area (Å²) in [5.41, 5.74) is 0.949. The van der Waals surface area contributed by atoms with Gasteiger partial charge in [-0.3, -0.25) is 19.8 Å². The van der Waals surface area contributed by atoms with Gasteiger partial charge in [0, 0.05) is 11.1 Å². The number of carbonyl (C=O) groups is 1. The van der Waals surface area contributed by atoms with E-state index in [9.17, 15) is 14.9 Å². The first-order valence-corrected chi connectivity index (χ1v) is 8.87. The van der Waals surface area contributed by atoms with E-state index in [1.807, 2.05) is 0 Å². The summed E-state index contributed by atoms with van der Waals surface area (Å²) in [6.45, 7) is 0. The molecule has 0 N–H and O–H groups in total. The molecule has 0 aromatic heterocycles. The minimum absolute atomic E-state index is 0.154. The maximum absolute atomic E-state index is 12.7. The van der Waals surface area contributed by atoms with Crippen molar-refractivity contribution in [2.24, 2.45) is 0 Å². The molecule has 0 aliphatic carbocycles. The van der Waals surface area contributed by atoms with E-state index in [2.05, 4.69) is 0 Å². The first-order valence-electron chi connectivity index (χ1n) is 7.26. The van der Waals surface area contributed by atoms with Crippen molar-refractivity contribution in [3.8, 4) is 5.75 Å². The molecule has 0 atom stereocenters. The number of anilines is 1. The maximum atomic E-state index is 12.7. The van der Waals surface area contributed by atoms with Gasteiger partial charge in [-0.2, -0.15) is 0 Å². The number of thiocarbonyl (C=S) groups is 1. The average molecular weight is 407 g/mol. The molecule has 0 unspecified atom stereocenters. The molecule has 6 nitrogen and oxygen atoms in total. The molecule has 0 saturated carbocycles. The third kappa shape index (κ3) is 3.57. The zero-order chi connectivity index (χ0) is 18.8. The number of nitro groups is 1. The third-order valence-electron chi connectivity index (χ3n) is 3.58. The predicted molar refractivity (Wildman–Crippen MR) is 107 cm³/mol. The monoisotopic (exact) mass is 406 g/mol. The van der Waals surface area contributed by atoms with Crippen molar-refractivity contribution in [1.82, 2.24) is 0 Å². The van der Waals surface area contributed by atoms with Crippen LogP contribution in [-0.4, -0.2) is 22.3 Å². The van der Waals surface area contributed by atoms with Crippen molar-refractivity contribution in [3.63, 3.8) is 0 Å². The van der Waals surface area contributed by atoms with Crippen molar-refractivity contribution < 1.29 is 14.5 Å². The molecule has 132 valence electrons. The molecule has 0 spiro atoms. The van der Waals surface area contributed by atoms with Crippen LogP contribution in [0.3, 0.4) is 0 Å². The summed E-state index contributed by atoms with van der Waals surface area (Å²) >= 11 is 12.3. The molecule has 1 fully saturated rings. The van der Waals surface area contributed by atoms with Gasteiger partial charge < -0.3 is 4.74 Å². The van der Waals surface area contributed by atoms with E-state index < -0.39 is 4.92 Å². The Balaban J connectivity index is 1.94. The van der Waals surface area contributed by atoms with Crippen LogP contribution in [0.5, 0.6) is 5.75 Å². The predicted octanol–water partition coefficient (Wildman–Crippen LogP) is 4.66. The summed E-state index contributed by atoms with van der Waals surface area (Å²) in [7, 11) is 1.36. The summed E-state index contributed by atoms with van der Waals surface area (Å²) in [6.07, 6.45) is 1.57. The van der Waals surface area contributed by atoms with Crippen LogP contribution >= 0.6 is 35.6 Å². The van der Waals surface area contributed by atoms with Crippen LogP contribution in [0.1, 0.15) is 5.56 Å². The highest BCUT2D eigenvalue weighted by Gasteiger charge is 2.33. The van der Waals surface area contributed by atoms with Gasteiger partial charge in [0.05, 0.1) is 22.6 Å². The molecule has 1 saturated heterocycles. The zero-order valence-corrected chi connectivity index (χ0v) is 15.7. The Labute approximate surface area is 163 Å². The van der Waals surface area contributed by atoms with Crippen LogP contribution in [0.4, 0.5) is 11.4 Å². The number of ether oxygens (including phenoxy) is 1.